The molecular weight excluding hydrogens is 368 g/mol. The Kier molecular flexibility index (Phi) is 7.73. The second-order valence-corrected chi connectivity index (χ2v) is 8.33. The molecule has 0 amide bonds. The fourth-order valence-electron chi connectivity index (χ4n) is 3.80. The highest BCUT2D eigenvalue weighted by molar-refractivity contribution is 5.85. The summed E-state index contributed by atoms with van der Waals surface area (Å²) in [5, 5.41) is 0. The quantitative estimate of drug-likeness (QED) is 0.402. The van der Waals surface area contributed by atoms with Crippen LogP contribution in [0.25, 0.3) is 0 Å². The molecule has 0 saturated heterocycles. The van der Waals surface area contributed by atoms with Gasteiger partial charge in [-0.2, -0.15) is 0 Å². The van der Waals surface area contributed by atoms with E-state index in [4.69, 9.17) is 0 Å². The number of ketones is 2. The summed E-state index contributed by atoms with van der Waals surface area (Å²) in [5.74, 6) is 0.717. The second kappa shape index (κ2) is 10.7. The van der Waals surface area contributed by atoms with Gasteiger partial charge in [0.1, 0.15) is 11.6 Å². The van der Waals surface area contributed by atoms with Crippen LogP contribution in [-0.2, 0) is 22.4 Å². The van der Waals surface area contributed by atoms with Crippen LogP contribution in [-0.4, -0.2) is 11.6 Å². The number of benzene rings is 3. The van der Waals surface area contributed by atoms with Gasteiger partial charge < -0.3 is 0 Å². The fourth-order valence-corrected chi connectivity index (χ4v) is 3.80. The highest BCUT2D eigenvalue weighted by Crippen LogP contribution is 2.27. The summed E-state index contributed by atoms with van der Waals surface area (Å²) in [5.41, 5.74) is 4.38. The summed E-state index contributed by atoms with van der Waals surface area (Å²) in [4.78, 5) is 25.6. The first-order chi connectivity index (χ1) is 14.5. The van der Waals surface area contributed by atoms with E-state index < -0.39 is 0 Å². The van der Waals surface area contributed by atoms with E-state index >= 15 is 0 Å². The Morgan fingerprint density at radius 2 is 1.00 bits per heavy atom. The molecule has 0 heterocycles. The van der Waals surface area contributed by atoms with Gasteiger partial charge in [0.15, 0.2) is 0 Å². The van der Waals surface area contributed by atoms with E-state index in [1.807, 2.05) is 60.7 Å². The minimum Gasteiger partial charge on any atom is -0.299 e. The van der Waals surface area contributed by atoms with E-state index in [0.717, 1.165) is 16.7 Å². The van der Waals surface area contributed by atoms with E-state index in [9.17, 15) is 9.59 Å². The fraction of sp³-hybridized carbons (Fsp3) is 0.286. The minimum atomic E-state index is -0.0846. The van der Waals surface area contributed by atoms with Gasteiger partial charge in [-0.15, -0.1) is 0 Å². The molecule has 3 aromatic carbocycles. The van der Waals surface area contributed by atoms with Crippen LogP contribution in [0, 0.1) is 0 Å². The molecule has 2 nitrogen and oxygen atoms in total. The molecule has 2 heteroatoms. The van der Waals surface area contributed by atoms with Crippen LogP contribution in [0.2, 0.25) is 0 Å². The molecule has 0 spiro atoms. The molecule has 0 radical (unpaired) electrons. The number of Topliss-reactive ketones (excluding diaryl/α,β-unsaturated/α-hetero) is 2. The molecule has 0 saturated carbocycles. The molecule has 30 heavy (non-hydrogen) atoms. The molecule has 0 fully saturated rings. The molecule has 0 aromatic heterocycles. The van der Waals surface area contributed by atoms with Crippen molar-refractivity contribution in [2.75, 3.05) is 0 Å². The SMILES string of the molecule is CC(C)c1ccc(C(CC(=O)Cc2ccccc2)CC(=O)Cc2ccccc2)cc1. The standard InChI is InChI=1S/C28H30O2/c1-21(2)24-13-15-25(16-14-24)26(19-27(29)17-22-9-5-3-6-10-22)20-28(30)18-23-11-7-4-8-12-23/h3-16,21,26H,17-20H2,1-2H3. The smallest absolute Gasteiger partial charge is 0.137 e. The maximum Gasteiger partial charge on any atom is 0.137 e. The van der Waals surface area contributed by atoms with Gasteiger partial charge in [-0.1, -0.05) is 98.8 Å². The number of hydrogen-bond acceptors (Lipinski definition) is 2. The molecule has 0 atom stereocenters. The molecule has 0 N–H and O–H groups in total. The van der Waals surface area contributed by atoms with Gasteiger partial charge in [-0.05, 0) is 34.1 Å². The van der Waals surface area contributed by atoms with Crippen molar-refractivity contribution in [2.24, 2.45) is 0 Å². The third kappa shape index (κ3) is 6.52. The number of hydrogen-bond donors (Lipinski definition) is 0. The highest BCUT2D eigenvalue weighted by Gasteiger charge is 2.20. The molecular formula is C28H30O2. The van der Waals surface area contributed by atoms with Crippen molar-refractivity contribution in [1.29, 1.82) is 0 Å². The van der Waals surface area contributed by atoms with Crippen molar-refractivity contribution in [3.05, 3.63) is 107 Å². The predicted molar refractivity (Wildman–Crippen MR) is 123 cm³/mol. The molecule has 0 aliphatic carbocycles. The van der Waals surface area contributed by atoms with Gasteiger partial charge in [0.2, 0.25) is 0 Å². The van der Waals surface area contributed by atoms with Gasteiger partial charge in [0, 0.05) is 25.7 Å². The lowest BCUT2D eigenvalue weighted by molar-refractivity contribution is -0.120. The zero-order chi connectivity index (χ0) is 21.3. The molecule has 0 aliphatic rings. The zero-order valence-electron chi connectivity index (χ0n) is 17.9. The Morgan fingerprint density at radius 3 is 1.40 bits per heavy atom. The van der Waals surface area contributed by atoms with Gasteiger partial charge in [0.05, 0.1) is 0 Å². The van der Waals surface area contributed by atoms with Crippen LogP contribution < -0.4 is 0 Å². The lowest BCUT2D eigenvalue weighted by atomic mass is 9.86. The summed E-state index contributed by atoms with van der Waals surface area (Å²) in [6.07, 6.45) is 1.59. The highest BCUT2D eigenvalue weighted by atomic mass is 16.1. The molecule has 3 rings (SSSR count). The average Bonchev–Trinajstić information content (AvgIpc) is 2.74. The Labute approximate surface area is 180 Å². The lowest BCUT2D eigenvalue weighted by Gasteiger charge is -2.18. The second-order valence-electron chi connectivity index (χ2n) is 8.33. The van der Waals surface area contributed by atoms with E-state index in [0.29, 0.717) is 31.6 Å². The topological polar surface area (TPSA) is 34.1 Å². The Morgan fingerprint density at radius 1 is 0.600 bits per heavy atom. The zero-order valence-corrected chi connectivity index (χ0v) is 17.9. The third-order valence-corrected chi connectivity index (χ3v) is 5.51. The van der Waals surface area contributed by atoms with Crippen LogP contribution in [0.4, 0.5) is 0 Å². The maximum absolute atomic E-state index is 12.8. The molecule has 154 valence electrons. The van der Waals surface area contributed by atoms with E-state index in [1.165, 1.54) is 5.56 Å². The maximum atomic E-state index is 12.8. The molecule has 3 aromatic rings. The summed E-state index contributed by atoms with van der Waals surface area (Å²) in [6.45, 7) is 4.33. The van der Waals surface area contributed by atoms with Crippen LogP contribution in [0.1, 0.15) is 60.8 Å². The van der Waals surface area contributed by atoms with Crippen LogP contribution in [0.3, 0.4) is 0 Å². The van der Waals surface area contributed by atoms with Crippen molar-refractivity contribution in [3.8, 4) is 0 Å². The molecule has 0 unspecified atom stereocenters. The lowest BCUT2D eigenvalue weighted by Crippen LogP contribution is -2.15. The van der Waals surface area contributed by atoms with E-state index in [1.54, 1.807) is 0 Å². The normalized spacial score (nSPS) is 11.1. The van der Waals surface area contributed by atoms with Crippen molar-refractivity contribution in [2.45, 2.75) is 51.4 Å². The first kappa shape index (κ1) is 21.7. The number of carbonyl (C=O) groups is 2. The van der Waals surface area contributed by atoms with Crippen molar-refractivity contribution < 1.29 is 9.59 Å². The molecule has 0 bridgehead atoms. The Bertz CT molecular complexity index is 885. The molecule has 0 aliphatic heterocycles. The summed E-state index contributed by atoms with van der Waals surface area (Å²) < 4.78 is 0. The summed E-state index contributed by atoms with van der Waals surface area (Å²) in [6, 6.07) is 28.0. The van der Waals surface area contributed by atoms with Gasteiger partial charge in [-0.3, -0.25) is 9.59 Å². The Balaban J connectivity index is 1.73. The van der Waals surface area contributed by atoms with Gasteiger partial charge >= 0.3 is 0 Å². The minimum absolute atomic E-state index is 0.0846. The first-order valence-electron chi connectivity index (χ1n) is 10.7. The number of carbonyl (C=O) groups excluding carboxylic acids is 2. The monoisotopic (exact) mass is 398 g/mol. The van der Waals surface area contributed by atoms with E-state index in [2.05, 4.69) is 38.1 Å². The third-order valence-electron chi connectivity index (χ3n) is 5.51. The van der Waals surface area contributed by atoms with Crippen LogP contribution >= 0.6 is 0 Å². The van der Waals surface area contributed by atoms with Crippen molar-refractivity contribution in [1.82, 2.24) is 0 Å². The summed E-state index contributed by atoms with van der Waals surface area (Å²) >= 11 is 0. The van der Waals surface area contributed by atoms with Gasteiger partial charge in [-0.25, -0.2) is 0 Å². The average molecular weight is 399 g/mol. The largest absolute Gasteiger partial charge is 0.299 e. The Hall–Kier alpha value is -3.00. The summed E-state index contributed by atoms with van der Waals surface area (Å²) in [7, 11) is 0. The first-order valence-corrected chi connectivity index (χ1v) is 10.7. The van der Waals surface area contributed by atoms with E-state index in [-0.39, 0.29) is 17.5 Å². The van der Waals surface area contributed by atoms with Crippen LogP contribution in [0.5, 0.6) is 0 Å². The number of rotatable bonds is 10. The van der Waals surface area contributed by atoms with Gasteiger partial charge in [0.25, 0.3) is 0 Å². The van der Waals surface area contributed by atoms with Crippen molar-refractivity contribution >= 4 is 11.6 Å². The predicted octanol–water partition coefficient (Wildman–Crippen LogP) is 6.30. The van der Waals surface area contributed by atoms with Crippen molar-refractivity contribution in [3.63, 3.8) is 0 Å². The van der Waals surface area contributed by atoms with Crippen LogP contribution in [0.15, 0.2) is 84.9 Å².